The van der Waals surface area contributed by atoms with E-state index < -0.39 is 6.04 Å². The number of nitrogens with zero attached hydrogens (tertiary/aromatic N) is 1. The highest BCUT2D eigenvalue weighted by Crippen LogP contribution is 2.21. The highest BCUT2D eigenvalue weighted by atomic mass is 16.2. The zero-order valence-corrected chi connectivity index (χ0v) is 14.2. The second-order valence-electron chi connectivity index (χ2n) is 6.33. The molecular weight excluding hydrogens is 302 g/mol. The molecule has 0 saturated carbocycles. The third-order valence-electron chi connectivity index (χ3n) is 4.49. The van der Waals surface area contributed by atoms with Gasteiger partial charge in [0.2, 0.25) is 5.91 Å². The highest BCUT2D eigenvalue weighted by molar-refractivity contribution is 6.07. The Kier molecular flexibility index (Phi) is 4.79. The molecule has 1 saturated heterocycles. The Morgan fingerprint density at radius 3 is 2.96 bits per heavy atom. The number of amides is 2. The summed E-state index contributed by atoms with van der Waals surface area (Å²) in [7, 11) is 0. The van der Waals surface area contributed by atoms with Gasteiger partial charge in [0.1, 0.15) is 6.04 Å². The average Bonchev–Trinajstić information content (AvgIpc) is 2.78. The fraction of sp³-hybridized carbons (Fsp3) is 0.421. The average molecular weight is 325 g/mol. The molecule has 24 heavy (non-hydrogen) atoms. The van der Waals surface area contributed by atoms with Crippen molar-refractivity contribution in [2.45, 2.75) is 45.6 Å². The molecule has 2 aromatic rings. The summed E-state index contributed by atoms with van der Waals surface area (Å²) in [6.07, 6.45) is 3.46. The van der Waals surface area contributed by atoms with Gasteiger partial charge in [-0.2, -0.15) is 0 Å². The Balaban J connectivity index is 1.94. The van der Waals surface area contributed by atoms with Crippen molar-refractivity contribution in [1.82, 2.24) is 15.6 Å². The number of carbonyl (C=O) groups excluding carboxylic acids is 2. The molecule has 1 unspecified atom stereocenters. The van der Waals surface area contributed by atoms with Crippen molar-refractivity contribution in [3.05, 3.63) is 41.1 Å². The van der Waals surface area contributed by atoms with E-state index in [4.69, 9.17) is 0 Å². The van der Waals surface area contributed by atoms with Crippen LogP contribution in [0.4, 0.5) is 0 Å². The monoisotopic (exact) mass is 325 g/mol. The Bertz CT molecular complexity index is 786. The van der Waals surface area contributed by atoms with Crippen LogP contribution in [-0.2, 0) is 11.2 Å². The van der Waals surface area contributed by atoms with E-state index in [2.05, 4.69) is 22.5 Å². The van der Waals surface area contributed by atoms with Gasteiger partial charge < -0.3 is 10.6 Å². The van der Waals surface area contributed by atoms with Crippen LogP contribution in [0.3, 0.4) is 0 Å². The molecule has 1 aromatic carbocycles. The number of fused-ring (bicyclic) bond motifs is 1. The Hall–Kier alpha value is -2.43. The lowest BCUT2D eigenvalue weighted by molar-refractivity contribution is -0.122. The predicted octanol–water partition coefficient (Wildman–Crippen LogP) is 2.50. The van der Waals surface area contributed by atoms with E-state index in [0.29, 0.717) is 18.5 Å². The maximum absolute atomic E-state index is 12.8. The van der Waals surface area contributed by atoms with Crippen molar-refractivity contribution in [3.63, 3.8) is 0 Å². The van der Waals surface area contributed by atoms with Gasteiger partial charge >= 0.3 is 0 Å². The number of hydrogen-bond acceptors (Lipinski definition) is 3. The molecule has 2 amide bonds. The summed E-state index contributed by atoms with van der Waals surface area (Å²) in [5.74, 6) is -0.300. The standard InChI is InChI=1S/C19H23N3O2/c1-3-13-7-8-16-14(11-13)15(10-12(2)21-16)18(23)22-17-6-4-5-9-20-19(17)24/h7-8,10-11,17H,3-6,9H2,1-2H3,(H,20,24)(H,22,23). The molecule has 1 fully saturated rings. The maximum Gasteiger partial charge on any atom is 0.252 e. The minimum atomic E-state index is -0.460. The molecule has 1 aliphatic heterocycles. The summed E-state index contributed by atoms with van der Waals surface area (Å²) in [6.45, 7) is 4.64. The molecule has 3 rings (SSSR count). The first-order valence-electron chi connectivity index (χ1n) is 8.57. The lowest BCUT2D eigenvalue weighted by atomic mass is 10.0. The van der Waals surface area contributed by atoms with Gasteiger partial charge in [0, 0.05) is 17.6 Å². The van der Waals surface area contributed by atoms with Gasteiger partial charge in [-0.3, -0.25) is 14.6 Å². The van der Waals surface area contributed by atoms with E-state index in [9.17, 15) is 9.59 Å². The van der Waals surface area contributed by atoms with Crippen molar-refractivity contribution in [2.24, 2.45) is 0 Å². The van der Waals surface area contributed by atoms with Crippen molar-refractivity contribution in [2.75, 3.05) is 6.54 Å². The molecule has 5 heteroatoms. The van der Waals surface area contributed by atoms with Crippen molar-refractivity contribution < 1.29 is 9.59 Å². The van der Waals surface area contributed by atoms with Gasteiger partial charge in [-0.05, 0) is 56.4 Å². The van der Waals surface area contributed by atoms with Crippen LogP contribution >= 0.6 is 0 Å². The van der Waals surface area contributed by atoms with E-state index in [1.807, 2.05) is 25.1 Å². The van der Waals surface area contributed by atoms with Crippen LogP contribution in [-0.4, -0.2) is 29.4 Å². The number of aryl methyl sites for hydroxylation is 2. The summed E-state index contributed by atoms with van der Waals surface area (Å²) in [6, 6.07) is 7.35. The first-order chi connectivity index (χ1) is 11.6. The maximum atomic E-state index is 12.8. The van der Waals surface area contributed by atoms with Gasteiger partial charge in [-0.15, -0.1) is 0 Å². The molecule has 1 aromatic heterocycles. The quantitative estimate of drug-likeness (QED) is 0.911. The number of hydrogen-bond donors (Lipinski definition) is 2. The second-order valence-corrected chi connectivity index (χ2v) is 6.33. The number of carbonyl (C=O) groups is 2. The number of benzene rings is 1. The van der Waals surface area contributed by atoms with Crippen molar-refractivity contribution in [3.8, 4) is 0 Å². The molecule has 0 aliphatic carbocycles. The van der Waals surface area contributed by atoms with E-state index in [0.717, 1.165) is 41.4 Å². The van der Waals surface area contributed by atoms with Gasteiger partial charge in [0.25, 0.3) is 5.91 Å². The van der Waals surface area contributed by atoms with Crippen LogP contribution in [0, 0.1) is 6.92 Å². The predicted molar refractivity (Wildman–Crippen MR) is 94.0 cm³/mol. The number of rotatable bonds is 3. The summed E-state index contributed by atoms with van der Waals surface area (Å²) in [5.41, 5.74) is 3.35. The third kappa shape index (κ3) is 3.40. The molecular formula is C19H23N3O2. The summed E-state index contributed by atoms with van der Waals surface area (Å²) in [5, 5.41) is 6.59. The number of nitrogens with one attached hydrogen (secondary N) is 2. The van der Waals surface area contributed by atoms with Gasteiger partial charge in [0.15, 0.2) is 0 Å². The third-order valence-corrected chi connectivity index (χ3v) is 4.49. The zero-order chi connectivity index (χ0) is 17.1. The Morgan fingerprint density at radius 2 is 2.17 bits per heavy atom. The molecule has 2 N–H and O–H groups in total. The van der Waals surface area contributed by atoms with Crippen LogP contribution in [0.15, 0.2) is 24.3 Å². The van der Waals surface area contributed by atoms with Gasteiger partial charge in [-0.1, -0.05) is 13.0 Å². The number of pyridine rings is 1. The zero-order valence-electron chi connectivity index (χ0n) is 14.2. The smallest absolute Gasteiger partial charge is 0.252 e. The lowest BCUT2D eigenvalue weighted by Crippen LogP contribution is -2.45. The van der Waals surface area contributed by atoms with Crippen LogP contribution in [0.25, 0.3) is 10.9 Å². The van der Waals surface area contributed by atoms with Crippen LogP contribution in [0.2, 0.25) is 0 Å². The SMILES string of the molecule is CCc1ccc2nc(C)cc(C(=O)NC3CCCCNC3=O)c2c1. The second kappa shape index (κ2) is 6.99. The summed E-state index contributed by atoms with van der Waals surface area (Å²) >= 11 is 0. The fourth-order valence-corrected chi connectivity index (χ4v) is 3.13. The topological polar surface area (TPSA) is 71.1 Å². The molecule has 5 nitrogen and oxygen atoms in total. The first-order valence-corrected chi connectivity index (χ1v) is 8.57. The first kappa shape index (κ1) is 16.4. The molecule has 1 aliphatic rings. The summed E-state index contributed by atoms with van der Waals surface area (Å²) < 4.78 is 0. The van der Waals surface area contributed by atoms with Crippen LogP contribution in [0.5, 0.6) is 0 Å². The Labute approximate surface area is 141 Å². The van der Waals surface area contributed by atoms with Crippen LogP contribution in [0.1, 0.15) is 47.8 Å². The molecule has 1 atom stereocenters. The molecule has 0 spiro atoms. The Morgan fingerprint density at radius 1 is 1.33 bits per heavy atom. The molecule has 2 heterocycles. The largest absolute Gasteiger partial charge is 0.354 e. The molecule has 126 valence electrons. The number of aromatic nitrogens is 1. The van der Waals surface area contributed by atoms with Gasteiger partial charge in [0.05, 0.1) is 11.1 Å². The summed E-state index contributed by atoms with van der Waals surface area (Å²) in [4.78, 5) is 29.4. The van der Waals surface area contributed by atoms with E-state index >= 15 is 0 Å². The lowest BCUT2D eigenvalue weighted by Gasteiger charge is -2.16. The van der Waals surface area contributed by atoms with Crippen molar-refractivity contribution >= 4 is 22.7 Å². The molecule has 0 radical (unpaired) electrons. The molecule has 0 bridgehead atoms. The highest BCUT2D eigenvalue weighted by Gasteiger charge is 2.24. The van der Waals surface area contributed by atoms with E-state index in [-0.39, 0.29) is 11.8 Å². The van der Waals surface area contributed by atoms with E-state index in [1.54, 1.807) is 6.07 Å². The minimum absolute atomic E-state index is 0.0924. The van der Waals surface area contributed by atoms with Crippen molar-refractivity contribution in [1.29, 1.82) is 0 Å². The van der Waals surface area contributed by atoms with Crippen LogP contribution < -0.4 is 10.6 Å². The van der Waals surface area contributed by atoms with Gasteiger partial charge in [-0.25, -0.2) is 0 Å². The van der Waals surface area contributed by atoms with E-state index in [1.165, 1.54) is 0 Å². The normalized spacial score (nSPS) is 18.1. The fourth-order valence-electron chi connectivity index (χ4n) is 3.13. The minimum Gasteiger partial charge on any atom is -0.354 e.